The third-order valence-corrected chi connectivity index (χ3v) is 1.84. The number of nitrogens with one attached hydrogen (secondary N) is 2. The lowest BCUT2D eigenvalue weighted by molar-refractivity contribution is -0.121. The lowest BCUT2D eigenvalue weighted by Crippen LogP contribution is -2.49. The van der Waals surface area contributed by atoms with E-state index in [2.05, 4.69) is 10.6 Å². The maximum atomic E-state index is 11.6. The number of carbonyl (C=O) groups excluding carboxylic acids is 2. The van der Waals surface area contributed by atoms with E-state index < -0.39 is 0 Å². The highest BCUT2D eigenvalue weighted by atomic mass is 16.5. The summed E-state index contributed by atoms with van der Waals surface area (Å²) < 4.78 is 4.80. The summed E-state index contributed by atoms with van der Waals surface area (Å²) in [6, 6.07) is -0.264. The average Bonchev–Trinajstić information content (AvgIpc) is 2.15. The SMILES string of the molecule is COCCNC(=O)CN(C)C(=O)NC(C)(C)C. The Bertz CT molecular complexity index is 261. The number of amides is 3. The standard InChI is InChI=1S/C11H23N3O3/c1-11(2,3)13-10(16)14(4)8-9(15)12-6-7-17-5/h6-8H2,1-5H3,(H,12,15)(H,13,16). The van der Waals surface area contributed by atoms with Gasteiger partial charge < -0.3 is 20.3 Å². The largest absolute Gasteiger partial charge is 0.383 e. The van der Waals surface area contributed by atoms with E-state index in [-0.39, 0.29) is 24.0 Å². The van der Waals surface area contributed by atoms with E-state index in [9.17, 15) is 9.59 Å². The second kappa shape index (κ2) is 7.11. The molecule has 2 N–H and O–H groups in total. The molecule has 0 spiro atoms. The normalized spacial score (nSPS) is 10.9. The molecule has 0 unspecified atom stereocenters. The Hall–Kier alpha value is -1.30. The average molecular weight is 245 g/mol. The predicted molar refractivity (Wildman–Crippen MR) is 65.8 cm³/mol. The number of methoxy groups -OCH3 is 1. The summed E-state index contributed by atoms with van der Waals surface area (Å²) >= 11 is 0. The molecule has 0 aliphatic heterocycles. The van der Waals surface area contributed by atoms with Crippen molar-refractivity contribution in [1.29, 1.82) is 0 Å². The van der Waals surface area contributed by atoms with E-state index in [1.54, 1.807) is 14.2 Å². The van der Waals surface area contributed by atoms with Crippen molar-refractivity contribution in [2.45, 2.75) is 26.3 Å². The Labute approximate surface area is 103 Å². The van der Waals surface area contributed by atoms with E-state index >= 15 is 0 Å². The Morgan fingerprint density at radius 2 is 1.88 bits per heavy atom. The second-order valence-electron chi connectivity index (χ2n) is 4.88. The van der Waals surface area contributed by atoms with Crippen molar-refractivity contribution in [2.24, 2.45) is 0 Å². The lowest BCUT2D eigenvalue weighted by atomic mass is 10.1. The molecule has 0 atom stereocenters. The van der Waals surface area contributed by atoms with E-state index in [0.29, 0.717) is 13.2 Å². The maximum absolute atomic E-state index is 11.6. The Kier molecular flexibility index (Phi) is 6.57. The lowest BCUT2D eigenvalue weighted by Gasteiger charge is -2.25. The van der Waals surface area contributed by atoms with E-state index in [0.717, 1.165) is 0 Å². The summed E-state index contributed by atoms with van der Waals surface area (Å²) in [5.74, 6) is -0.200. The monoisotopic (exact) mass is 245 g/mol. The summed E-state index contributed by atoms with van der Waals surface area (Å²) in [5.41, 5.74) is -0.308. The van der Waals surface area contributed by atoms with Crippen molar-refractivity contribution in [3.63, 3.8) is 0 Å². The predicted octanol–water partition coefficient (Wildman–Crippen LogP) is 0.189. The number of urea groups is 1. The summed E-state index contributed by atoms with van der Waals surface area (Å²) in [4.78, 5) is 24.4. The van der Waals surface area contributed by atoms with Crippen molar-refractivity contribution in [2.75, 3.05) is 33.9 Å². The maximum Gasteiger partial charge on any atom is 0.318 e. The fourth-order valence-corrected chi connectivity index (χ4v) is 1.05. The first kappa shape index (κ1) is 15.7. The summed E-state index contributed by atoms with van der Waals surface area (Å²) in [6.07, 6.45) is 0. The van der Waals surface area contributed by atoms with Crippen molar-refractivity contribution >= 4 is 11.9 Å². The number of nitrogens with zero attached hydrogens (tertiary/aromatic N) is 1. The van der Waals surface area contributed by atoms with Crippen LogP contribution in [0.3, 0.4) is 0 Å². The molecule has 0 fully saturated rings. The van der Waals surface area contributed by atoms with Crippen LogP contribution in [0, 0.1) is 0 Å². The minimum Gasteiger partial charge on any atom is -0.383 e. The van der Waals surface area contributed by atoms with Gasteiger partial charge in [0.1, 0.15) is 6.54 Å². The van der Waals surface area contributed by atoms with Crippen LogP contribution in [-0.4, -0.2) is 56.2 Å². The summed E-state index contributed by atoms with van der Waals surface area (Å²) in [6.45, 7) is 6.60. The first-order chi connectivity index (χ1) is 7.76. The van der Waals surface area contributed by atoms with E-state index in [1.807, 2.05) is 20.8 Å². The first-order valence-corrected chi connectivity index (χ1v) is 5.55. The molecule has 0 rings (SSSR count). The Morgan fingerprint density at radius 1 is 1.29 bits per heavy atom. The number of likely N-dealkylation sites (N-methyl/N-ethyl adjacent to an activating group) is 1. The van der Waals surface area contributed by atoms with Gasteiger partial charge in [0.05, 0.1) is 6.61 Å². The molecule has 0 saturated heterocycles. The third-order valence-electron chi connectivity index (χ3n) is 1.84. The molecular weight excluding hydrogens is 222 g/mol. The van der Waals surface area contributed by atoms with Crippen LogP contribution < -0.4 is 10.6 Å². The molecule has 0 aliphatic carbocycles. The van der Waals surface area contributed by atoms with E-state index in [4.69, 9.17) is 4.74 Å². The van der Waals surface area contributed by atoms with Gasteiger partial charge in [0.2, 0.25) is 5.91 Å². The highest BCUT2D eigenvalue weighted by Gasteiger charge is 2.18. The zero-order valence-electron chi connectivity index (χ0n) is 11.3. The molecular formula is C11H23N3O3. The number of carbonyl (C=O) groups is 2. The molecule has 0 bridgehead atoms. The number of ether oxygens (including phenoxy) is 1. The van der Waals surface area contributed by atoms with Crippen LogP contribution in [0.25, 0.3) is 0 Å². The van der Waals surface area contributed by atoms with Crippen LogP contribution in [0.5, 0.6) is 0 Å². The summed E-state index contributed by atoms with van der Waals surface area (Å²) in [7, 11) is 3.14. The third kappa shape index (κ3) is 8.50. The van der Waals surface area contributed by atoms with Gasteiger partial charge in [0.15, 0.2) is 0 Å². The molecule has 100 valence electrons. The van der Waals surface area contributed by atoms with Gasteiger partial charge in [-0.25, -0.2) is 4.79 Å². The molecule has 6 heteroatoms. The molecule has 0 saturated carbocycles. The molecule has 17 heavy (non-hydrogen) atoms. The van der Waals surface area contributed by atoms with Crippen molar-refractivity contribution in [1.82, 2.24) is 15.5 Å². The highest BCUT2D eigenvalue weighted by molar-refractivity contribution is 5.84. The summed E-state index contributed by atoms with van der Waals surface area (Å²) in [5, 5.41) is 5.42. The van der Waals surface area contributed by atoms with Crippen LogP contribution in [0.15, 0.2) is 0 Å². The number of hydrogen-bond acceptors (Lipinski definition) is 3. The van der Waals surface area contributed by atoms with Crippen LogP contribution in [0.1, 0.15) is 20.8 Å². The minimum absolute atomic E-state index is 0.0334. The van der Waals surface area contributed by atoms with Crippen molar-refractivity contribution < 1.29 is 14.3 Å². The number of rotatable bonds is 5. The molecule has 0 aliphatic rings. The topological polar surface area (TPSA) is 70.7 Å². The van der Waals surface area contributed by atoms with Crippen LogP contribution >= 0.6 is 0 Å². The van der Waals surface area contributed by atoms with Gasteiger partial charge in [-0.05, 0) is 20.8 Å². The molecule has 0 aromatic rings. The van der Waals surface area contributed by atoms with Gasteiger partial charge in [-0.2, -0.15) is 0 Å². The van der Waals surface area contributed by atoms with Crippen LogP contribution in [0.4, 0.5) is 4.79 Å². The van der Waals surface area contributed by atoms with Gasteiger partial charge in [-0.15, -0.1) is 0 Å². The van der Waals surface area contributed by atoms with Crippen molar-refractivity contribution in [3.8, 4) is 0 Å². The zero-order valence-corrected chi connectivity index (χ0v) is 11.3. The highest BCUT2D eigenvalue weighted by Crippen LogP contribution is 1.99. The molecule has 3 amide bonds. The van der Waals surface area contributed by atoms with Gasteiger partial charge in [0.25, 0.3) is 0 Å². The smallest absolute Gasteiger partial charge is 0.318 e. The minimum atomic E-state index is -0.308. The fourth-order valence-electron chi connectivity index (χ4n) is 1.05. The van der Waals surface area contributed by atoms with E-state index in [1.165, 1.54) is 4.90 Å². The number of hydrogen-bond donors (Lipinski definition) is 2. The Balaban J connectivity index is 3.95. The molecule has 0 radical (unpaired) electrons. The zero-order chi connectivity index (χ0) is 13.5. The van der Waals surface area contributed by atoms with Gasteiger partial charge in [0, 0.05) is 26.2 Å². The van der Waals surface area contributed by atoms with Crippen molar-refractivity contribution in [3.05, 3.63) is 0 Å². The molecule has 0 aromatic carbocycles. The van der Waals surface area contributed by atoms with Gasteiger partial charge >= 0.3 is 6.03 Å². The molecule has 0 aromatic heterocycles. The molecule has 6 nitrogen and oxygen atoms in total. The van der Waals surface area contributed by atoms with Crippen LogP contribution in [0.2, 0.25) is 0 Å². The van der Waals surface area contributed by atoms with Gasteiger partial charge in [-0.3, -0.25) is 4.79 Å². The quantitative estimate of drug-likeness (QED) is 0.679. The van der Waals surface area contributed by atoms with Gasteiger partial charge in [-0.1, -0.05) is 0 Å². The second-order valence-corrected chi connectivity index (χ2v) is 4.88. The fraction of sp³-hybridized carbons (Fsp3) is 0.818. The molecule has 0 heterocycles. The Morgan fingerprint density at radius 3 is 2.35 bits per heavy atom. The van der Waals surface area contributed by atoms with Crippen LogP contribution in [-0.2, 0) is 9.53 Å². The first-order valence-electron chi connectivity index (χ1n) is 5.55.